The van der Waals surface area contributed by atoms with E-state index in [-0.39, 0.29) is 12.4 Å². The van der Waals surface area contributed by atoms with Crippen LogP contribution in [0.25, 0.3) is 10.9 Å². The van der Waals surface area contributed by atoms with Crippen molar-refractivity contribution in [1.29, 1.82) is 0 Å². The summed E-state index contributed by atoms with van der Waals surface area (Å²) in [4.78, 5) is 11.8. The first kappa shape index (κ1) is 16.3. The van der Waals surface area contributed by atoms with Gasteiger partial charge in [0.1, 0.15) is 5.82 Å². The highest BCUT2D eigenvalue weighted by atomic mass is 35.5. The highest BCUT2D eigenvalue weighted by molar-refractivity contribution is 5.90. The highest BCUT2D eigenvalue weighted by Crippen LogP contribution is 2.25. The highest BCUT2D eigenvalue weighted by Gasteiger charge is 2.19. The Kier molecular flexibility index (Phi) is 5.18. The number of aromatic nitrogens is 2. The molecule has 1 atom stereocenters. The molecule has 6 heteroatoms. The molecular weight excluding hydrogens is 312 g/mol. The van der Waals surface area contributed by atoms with Crippen molar-refractivity contribution in [3.05, 3.63) is 24.3 Å². The molecule has 0 bridgehead atoms. The van der Waals surface area contributed by atoms with Crippen LogP contribution in [-0.2, 0) is 4.74 Å². The van der Waals surface area contributed by atoms with Gasteiger partial charge in [-0.2, -0.15) is 4.98 Å². The number of para-hydroxylation sites is 1. The van der Waals surface area contributed by atoms with Crippen molar-refractivity contribution in [2.45, 2.75) is 31.8 Å². The van der Waals surface area contributed by atoms with E-state index in [1.54, 1.807) is 0 Å². The predicted octanol–water partition coefficient (Wildman–Crippen LogP) is 3.24. The van der Waals surface area contributed by atoms with E-state index in [9.17, 15) is 0 Å². The van der Waals surface area contributed by atoms with Crippen LogP contribution in [0.4, 0.5) is 11.8 Å². The lowest BCUT2D eigenvalue weighted by Crippen LogP contribution is -2.23. The summed E-state index contributed by atoms with van der Waals surface area (Å²) >= 11 is 0. The van der Waals surface area contributed by atoms with Crippen LogP contribution in [0.5, 0.6) is 0 Å². The lowest BCUT2D eigenvalue weighted by molar-refractivity contribution is 0.120. The molecule has 0 amide bonds. The van der Waals surface area contributed by atoms with Gasteiger partial charge in [-0.1, -0.05) is 12.1 Å². The van der Waals surface area contributed by atoms with Gasteiger partial charge in [0.05, 0.1) is 11.6 Å². The summed E-state index contributed by atoms with van der Waals surface area (Å²) in [6.07, 6.45) is 5.07. The Morgan fingerprint density at radius 3 is 2.74 bits per heavy atom. The molecule has 0 radical (unpaired) electrons. The molecule has 3 heterocycles. The number of hydrogen-bond donors (Lipinski definition) is 1. The number of ether oxygens (including phenoxy) is 1. The van der Waals surface area contributed by atoms with Gasteiger partial charge < -0.3 is 15.0 Å². The number of fused-ring (bicyclic) bond motifs is 1. The lowest BCUT2D eigenvalue weighted by Gasteiger charge is -2.18. The Morgan fingerprint density at radius 1 is 1.13 bits per heavy atom. The fraction of sp³-hybridized carbons (Fsp3) is 0.529. The van der Waals surface area contributed by atoms with Crippen LogP contribution in [-0.4, -0.2) is 42.3 Å². The third-order valence-corrected chi connectivity index (χ3v) is 4.50. The molecule has 124 valence electrons. The van der Waals surface area contributed by atoms with Gasteiger partial charge in [-0.15, -0.1) is 12.4 Å². The number of benzene rings is 1. The van der Waals surface area contributed by atoms with E-state index in [4.69, 9.17) is 14.7 Å². The van der Waals surface area contributed by atoms with Gasteiger partial charge in [0.2, 0.25) is 5.95 Å². The number of nitrogens with zero attached hydrogens (tertiary/aromatic N) is 3. The molecule has 5 nitrogen and oxygen atoms in total. The van der Waals surface area contributed by atoms with Crippen LogP contribution in [0.3, 0.4) is 0 Å². The lowest BCUT2D eigenvalue weighted by atomic mass is 10.2. The maximum absolute atomic E-state index is 5.70. The largest absolute Gasteiger partial charge is 0.376 e. The Bertz CT molecular complexity index is 654. The van der Waals surface area contributed by atoms with Crippen molar-refractivity contribution >= 4 is 35.1 Å². The molecule has 2 saturated heterocycles. The van der Waals surface area contributed by atoms with Crippen LogP contribution in [0.2, 0.25) is 0 Å². The van der Waals surface area contributed by atoms with Gasteiger partial charge in [0, 0.05) is 31.6 Å². The summed E-state index contributed by atoms with van der Waals surface area (Å²) in [5.41, 5.74) is 1.01. The number of rotatable bonds is 4. The number of halogens is 1. The van der Waals surface area contributed by atoms with Crippen LogP contribution >= 0.6 is 12.4 Å². The quantitative estimate of drug-likeness (QED) is 0.930. The van der Waals surface area contributed by atoms with Gasteiger partial charge >= 0.3 is 0 Å². The minimum absolute atomic E-state index is 0. The topological polar surface area (TPSA) is 50.3 Å². The Morgan fingerprint density at radius 2 is 1.96 bits per heavy atom. The number of hydrogen-bond acceptors (Lipinski definition) is 5. The van der Waals surface area contributed by atoms with E-state index in [1.807, 2.05) is 12.1 Å². The van der Waals surface area contributed by atoms with E-state index in [1.165, 1.54) is 12.8 Å². The molecule has 2 aliphatic heterocycles. The molecular formula is C17H23ClN4O. The third-order valence-electron chi connectivity index (χ3n) is 4.50. The maximum Gasteiger partial charge on any atom is 0.227 e. The molecule has 0 spiro atoms. The summed E-state index contributed by atoms with van der Waals surface area (Å²) in [5.74, 6) is 1.79. The number of anilines is 2. The zero-order valence-corrected chi connectivity index (χ0v) is 14.0. The second-order valence-electron chi connectivity index (χ2n) is 6.10. The van der Waals surface area contributed by atoms with Gasteiger partial charge in [-0.25, -0.2) is 4.98 Å². The fourth-order valence-corrected chi connectivity index (χ4v) is 3.27. The molecule has 1 aromatic carbocycles. The Hall–Kier alpha value is -1.59. The third kappa shape index (κ3) is 3.51. The van der Waals surface area contributed by atoms with Gasteiger partial charge in [-0.3, -0.25) is 0 Å². The second kappa shape index (κ2) is 7.32. The summed E-state index contributed by atoms with van der Waals surface area (Å²) in [7, 11) is 0. The zero-order chi connectivity index (χ0) is 14.8. The maximum atomic E-state index is 5.70. The van der Waals surface area contributed by atoms with Crippen molar-refractivity contribution in [1.82, 2.24) is 9.97 Å². The summed E-state index contributed by atoms with van der Waals surface area (Å²) in [5, 5.41) is 4.58. The molecule has 0 saturated carbocycles. The molecule has 2 fully saturated rings. The van der Waals surface area contributed by atoms with E-state index in [2.05, 4.69) is 22.3 Å². The SMILES string of the molecule is Cl.c1ccc2c(NCC3CCCO3)nc(N3CCCC3)nc2c1. The Balaban J connectivity index is 0.00000156. The average Bonchev–Trinajstić information content (AvgIpc) is 3.25. The van der Waals surface area contributed by atoms with Crippen LogP contribution in [0.1, 0.15) is 25.7 Å². The minimum atomic E-state index is 0. The monoisotopic (exact) mass is 334 g/mol. The predicted molar refractivity (Wildman–Crippen MR) is 95.7 cm³/mol. The summed E-state index contributed by atoms with van der Waals surface area (Å²) < 4.78 is 5.70. The van der Waals surface area contributed by atoms with Crippen molar-refractivity contribution < 1.29 is 4.74 Å². The Labute approximate surface area is 142 Å². The molecule has 1 unspecified atom stereocenters. The first-order valence-electron chi connectivity index (χ1n) is 8.27. The molecule has 4 rings (SSSR count). The van der Waals surface area contributed by atoms with E-state index >= 15 is 0 Å². The van der Waals surface area contributed by atoms with Gasteiger partial charge in [0.15, 0.2) is 0 Å². The standard InChI is InChI=1S/C17H22N4O.ClH/c1-2-8-15-14(7-1)16(18-12-13-6-5-11-22-13)20-17(19-15)21-9-3-4-10-21;/h1-2,7-8,13H,3-6,9-12H2,(H,18,19,20);1H. The molecule has 2 aliphatic rings. The van der Waals surface area contributed by atoms with E-state index in [0.29, 0.717) is 6.10 Å². The van der Waals surface area contributed by atoms with Crippen molar-refractivity contribution in [3.63, 3.8) is 0 Å². The first-order chi connectivity index (χ1) is 10.9. The number of nitrogens with one attached hydrogen (secondary N) is 1. The molecule has 2 aromatic rings. The molecule has 0 aliphatic carbocycles. The normalized spacial score (nSPS) is 20.7. The smallest absolute Gasteiger partial charge is 0.227 e. The van der Waals surface area contributed by atoms with Crippen LogP contribution in [0, 0.1) is 0 Å². The van der Waals surface area contributed by atoms with Gasteiger partial charge in [0.25, 0.3) is 0 Å². The minimum Gasteiger partial charge on any atom is -0.376 e. The van der Waals surface area contributed by atoms with Crippen molar-refractivity contribution in [2.24, 2.45) is 0 Å². The first-order valence-corrected chi connectivity index (χ1v) is 8.27. The molecule has 23 heavy (non-hydrogen) atoms. The van der Waals surface area contributed by atoms with Gasteiger partial charge in [-0.05, 0) is 37.8 Å². The van der Waals surface area contributed by atoms with E-state index in [0.717, 1.165) is 61.8 Å². The van der Waals surface area contributed by atoms with Crippen LogP contribution in [0.15, 0.2) is 24.3 Å². The molecule has 1 N–H and O–H groups in total. The van der Waals surface area contributed by atoms with Crippen molar-refractivity contribution in [3.8, 4) is 0 Å². The summed E-state index contributed by atoms with van der Waals surface area (Å²) in [6.45, 7) is 3.82. The molecule has 1 aromatic heterocycles. The second-order valence-corrected chi connectivity index (χ2v) is 6.10. The van der Waals surface area contributed by atoms with E-state index < -0.39 is 0 Å². The fourth-order valence-electron chi connectivity index (χ4n) is 3.27. The van der Waals surface area contributed by atoms with Crippen molar-refractivity contribution in [2.75, 3.05) is 36.5 Å². The zero-order valence-electron chi connectivity index (χ0n) is 13.2. The van der Waals surface area contributed by atoms with Crippen LogP contribution < -0.4 is 10.2 Å². The summed E-state index contributed by atoms with van der Waals surface area (Å²) in [6, 6.07) is 8.22. The average molecular weight is 335 g/mol.